The van der Waals surface area contributed by atoms with Crippen LogP contribution < -0.4 is 21.7 Å². The molecule has 0 bridgehead atoms. The first-order valence-corrected chi connectivity index (χ1v) is 17.1. The molecule has 0 heterocycles. The van der Waals surface area contributed by atoms with Crippen LogP contribution in [0.1, 0.15) is 24.0 Å². The van der Waals surface area contributed by atoms with E-state index in [1.54, 1.807) is 18.4 Å². The van der Waals surface area contributed by atoms with Gasteiger partial charge in [0.05, 0.1) is 18.8 Å². The second-order valence-electron chi connectivity index (χ2n) is 10.2. The number of likely N-dealkylation sites (N-methyl/N-ethyl adjacent to an activating group) is 1. The number of hydrogen-bond donors (Lipinski definition) is 5. The SMILES string of the molecule is CSCC[C@@H](NC(=O)[C@@H](N)Cc1ccc(O)cc1)C(=O)NCC(=O)N(C)[C@@H](Cc1ccccc1)C(=O)NCCC[S+](C)[O-]. The van der Waals surface area contributed by atoms with Crippen molar-refractivity contribution in [2.24, 2.45) is 5.73 Å². The van der Waals surface area contributed by atoms with Crippen LogP contribution in [-0.2, 0) is 43.2 Å². The average molecular weight is 634 g/mol. The molecule has 0 fully saturated rings. The molecule has 1 unspecified atom stereocenters. The molecular weight excluding hydrogens is 590 g/mol. The minimum Gasteiger partial charge on any atom is -0.617 e. The lowest BCUT2D eigenvalue weighted by Gasteiger charge is -2.28. The van der Waals surface area contributed by atoms with Crippen molar-refractivity contribution < 1.29 is 28.8 Å². The van der Waals surface area contributed by atoms with Gasteiger partial charge in [-0.1, -0.05) is 53.6 Å². The number of hydrogen-bond acceptors (Lipinski definition) is 8. The molecule has 2 aromatic carbocycles. The summed E-state index contributed by atoms with van der Waals surface area (Å²) in [5.74, 6) is -0.709. The largest absolute Gasteiger partial charge is 0.617 e. The summed E-state index contributed by atoms with van der Waals surface area (Å²) in [6, 6.07) is 13.0. The second-order valence-corrected chi connectivity index (χ2v) is 12.7. The van der Waals surface area contributed by atoms with Gasteiger partial charge in [-0.25, -0.2) is 0 Å². The Morgan fingerprint density at radius 2 is 1.63 bits per heavy atom. The van der Waals surface area contributed by atoms with E-state index in [1.165, 1.54) is 35.8 Å². The summed E-state index contributed by atoms with van der Waals surface area (Å²) in [6.45, 7) is -0.0396. The van der Waals surface area contributed by atoms with E-state index in [-0.39, 0.29) is 31.0 Å². The number of amides is 4. The lowest BCUT2D eigenvalue weighted by Crippen LogP contribution is -2.55. The third-order valence-corrected chi connectivity index (χ3v) is 8.24. The van der Waals surface area contributed by atoms with Gasteiger partial charge in [0, 0.05) is 26.4 Å². The molecule has 4 amide bonds. The van der Waals surface area contributed by atoms with Gasteiger partial charge in [-0.15, -0.1) is 0 Å². The van der Waals surface area contributed by atoms with E-state index in [0.29, 0.717) is 30.9 Å². The molecule has 0 aliphatic rings. The van der Waals surface area contributed by atoms with Crippen molar-refractivity contribution in [2.45, 2.75) is 43.8 Å². The van der Waals surface area contributed by atoms with E-state index in [1.807, 2.05) is 36.6 Å². The standard InChI is InChI=1S/C30H43N5O6S2/c1-35(26(19-21-8-5-4-6-9-21)30(40)32-15-7-17-43(3)41)27(37)20-33-29(39)25(14-16-42-2)34-28(38)24(31)18-22-10-12-23(36)13-11-22/h4-6,8-13,24-26,36H,7,14-20,31H2,1-3H3,(H,32,40)(H,33,39)(H,34,38)/t24-,25+,26-,43?/m0/s1. The first kappa shape index (κ1) is 35.9. The predicted octanol–water partition coefficient (Wildman–Crippen LogP) is 0.571. The van der Waals surface area contributed by atoms with Crippen LogP contribution in [0.25, 0.3) is 0 Å². The van der Waals surface area contributed by atoms with Gasteiger partial charge >= 0.3 is 0 Å². The highest BCUT2D eigenvalue weighted by atomic mass is 32.2. The summed E-state index contributed by atoms with van der Waals surface area (Å²) in [6.07, 6.45) is 4.84. The molecule has 0 aliphatic heterocycles. The van der Waals surface area contributed by atoms with E-state index in [4.69, 9.17) is 5.73 Å². The van der Waals surface area contributed by atoms with Crippen molar-refractivity contribution in [1.82, 2.24) is 20.9 Å². The molecule has 0 spiro atoms. The number of nitrogens with one attached hydrogen (secondary N) is 3. The second kappa shape index (κ2) is 19.1. The molecule has 2 aromatic rings. The molecule has 0 saturated heterocycles. The zero-order valence-electron chi connectivity index (χ0n) is 24.9. The number of thioether (sulfide) groups is 1. The van der Waals surface area contributed by atoms with E-state index in [9.17, 15) is 28.8 Å². The lowest BCUT2D eigenvalue weighted by atomic mass is 10.0. The normalized spacial score (nSPS) is 13.7. The van der Waals surface area contributed by atoms with Gasteiger partial charge in [0.25, 0.3) is 0 Å². The van der Waals surface area contributed by atoms with Crippen molar-refractivity contribution >= 4 is 46.6 Å². The number of phenols is 1. The van der Waals surface area contributed by atoms with Crippen molar-refractivity contribution in [3.63, 3.8) is 0 Å². The van der Waals surface area contributed by atoms with Crippen molar-refractivity contribution in [1.29, 1.82) is 0 Å². The van der Waals surface area contributed by atoms with E-state index < -0.39 is 47.0 Å². The summed E-state index contributed by atoms with van der Waals surface area (Å²) < 4.78 is 11.3. The van der Waals surface area contributed by atoms with Crippen LogP contribution in [0.4, 0.5) is 0 Å². The first-order chi connectivity index (χ1) is 20.5. The van der Waals surface area contributed by atoms with Crippen LogP contribution in [0.5, 0.6) is 5.75 Å². The van der Waals surface area contributed by atoms with Crippen molar-refractivity contribution in [2.75, 3.05) is 44.2 Å². The van der Waals surface area contributed by atoms with Crippen molar-refractivity contribution in [3.8, 4) is 5.75 Å². The number of phenolic OH excluding ortho intramolecular Hbond substituents is 1. The lowest BCUT2D eigenvalue weighted by molar-refractivity contribution is -0.139. The molecule has 13 heteroatoms. The summed E-state index contributed by atoms with van der Waals surface area (Å²) >= 11 is 0.543. The van der Waals surface area contributed by atoms with E-state index >= 15 is 0 Å². The highest BCUT2D eigenvalue weighted by Crippen LogP contribution is 2.12. The summed E-state index contributed by atoms with van der Waals surface area (Å²) in [5, 5.41) is 17.6. The van der Waals surface area contributed by atoms with Gasteiger partial charge in [-0.2, -0.15) is 11.8 Å². The Kier molecular flexibility index (Phi) is 16.0. The smallest absolute Gasteiger partial charge is 0.243 e. The van der Waals surface area contributed by atoms with Crippen LogP contribution in [-0.4, -0.2) is 100 Å². The third-order valence-electron chi connectivity index (χ3n) is 6.73. The fraction of sp³-hybridized carbons (Fsp3) is 0.467. The van der Waals surface area contributed by atoms with Crippen LogP contribution in [0, 0.1) is 0 Å². The number of rotatable bonds is 18. The number of carbonyl (C=O) groups is 4. The van der Waals surface area contributed by atoms with Crippen LogP contribution in [0.3, 0.4) is 0 Å². The Bertz CT molecular complexity index is 1170. The summed E-state index contributed by atoms with van der Waals surface area (Å²) in [7, 11) is 1.51. The number of aromatic hydroxyl groups is 1. The Labute approximate surface area is 260 Å². The van der Waals surface area contributed by atoms with E-state index in [2.05, 4.69) is 16.0 Å². The fourth-order valence-electron chi connectivity index (χ4n) is 4.19. The Balaban J connectivity index is 2.01. The quantitative estimate of drug-likeness (QED) is 0.117. The third kappa shape index (κ3) is 13.3. The summed E-state index contributed by atoms with van der Waals surface area (Å²) in [4.78, 5) is 53.4. The van der Waals surface area contributed by atoms with Crippen LogP contribution in [0.2, 0.25) is 0 Å². The molecule has 0 aliphatic carbocycles. The highest BCUT2D eigenvalue weighted by molar-refractivity contribution is 7.98. The maximum absolute atomic E-state index is 13.2. The van der Waals surface area contributed by atoms with Gasteiger partial charge in [-0.3, -0.25) is 19.2 Å². The molecule has 0 saturated carbocycles. The van der Waals surface area contributed by atoms with Gasteiger partial charge in [0.2, 0.25) is 23.6 Å². The van der Waals surface area contributed by atoms with Crippen molar-refractivity contribution in [3.05, 3.63) is 65.7 Å². The molecule has 6 N–H and O–H groups in total. The topological polar surface area (TPSA) is 177 Å². The summed E-state index contributed by atoms with van der Waals surface area (Å²) in [5.41, 5.74) is 7.71. The predicted molar refractivity (Wildman–Crippen MR) is 171 cm³/mol. The molecule has 0 aromatic heterocycles. The monoisotopic (exact) mass is 633 g/mol. The van der Waals surface area contributed by atoms with Gasteiger partial charge in [0.15, 0.2) is 0 Å². The fourth-order valence-corrected chi connectivity index (χ4v) is 5.22. The molecule has 0 radical (unpaired) electrons. The minimum atomic E-state index is -0.968. The van der Waals surface area contributed by atoms with Gasteiger partial charge in [-0.05, 0) is 48.1 Å². The van der Waals surface area contributed by atoms with Crippen LogP contribution >= 0.6 is 11.8 Å². The number of nitrogens with zero attached hydrogens (tertiary/aromatic N) is 1. The Hall–Kier alpha value is -3.26. The molecule has 4 atom stereocenters. The zero-order valence-corrected chi connectivity index (χ0v) is 26.5. The Morgan fingerprint density at radius 3 is 2.26 bits per heavy atom. The maximum Gasteiger partial charge on any atom is 0.243 e. The number of carbonyl (C=O) groups excluding carboxylic acids is 4. The Morgan fingerprint density at radius 1 is 0.977 bits per heavy atom. The highest BCUT2D eigenvalue weighted by Gasteiger charge is 2.29. The molecule has 236 valence electrons. The van der Waals surface area contributed by atoms with Gasteiger partial charge < -0.3 is 36.2 Å². The molecule has 43 heavy (non-hydrogen) atoms. The first-order valence-electron chi connectivity index (χ1n) is 14.0. The molecular formula is C30H43N5O6S2. The van der Waals surface area contributed by atoms with Gasteiger partial charge in [0.1, 0.15) is 23.6 Å². The molecule has 11 nitrogen and oxygen atoms in total. The zero-order chi connectivity index (χ0) is 31.8. The molecule has 2 rings (SSSR count). The maximum atomic E-state index is 13.2. The number of benzene rings is 2. The minimum absolute atomic E-state index is 0.105. The van der Waals surface area contributed by atoms with E-state index in [0.717, 1.165) is 11.1 Å². The van der Waals surface area contributed by atoms with Crippen LogP contribution in [0.15, 0.2) is 54.6 Å². The average Bonchev–Trinajstić information content (AvgIpc) is 2.99. The number of nitrogens with two attached hydrogens (primary N) is 1.